The number of anilines is 2. The molecule has 23 heavy (non-hydrogen) atoms. The average molecular weight is 324 g/mol. The van der Waals surface area contributed by atoms with E-state index in [0.29, 0.717) is 5.56 Å². The third-order valence-corrected chi connectivity index (χ3v) is 3.65. The number of hydrogen-bond donors (Lipinski definition) is 2. The zero-order valence-corrected chi connectivity index (χ0v) is 12.9. The molecule has 0 amide bonds. The van der Waals surface area contributed by atoms with Gasteiger partial charge < -0.3 is 5.32 Å². The van der Waals surface area contributed by atoms with Crippen LogP contribution < -0.4 is 5.32 Å². The lowest BCUT2D eigenvalue weighted by Gasteiger charge is -2.12. The Morgan fingerprint density at radius 2 is 1.70 bits per heavy atom. The number of pyridine rings is 1. The summed E-state index contributed by atoms with van der Waals surface area (Å²) in [5.74, 6) is -0.283. The molecule has 1 N–H and O–H groups in total. The van der Waals surface area contributed by atoms with Crippen LogP contribution in [0.4, 0.5) is 15.8 Å². The van der Waals surface area contributed by atoms with Gasteiger partial charge in [-0.1, -0.05) is 12.1 Å². The number of benzene rings is 2. The Bertz CT molecular complexity index is 832. The number of nitrogens with zero attached hydrogens (tertiary/aromatic N) is 1. The van der Waals surface area contributed by atoms with Crippen molar-refractivity contribution in [3.8, 4) is 11.1 Å². The summed E-state index contributed by atoms with van der Waals surface area (Å²) in [7, 11) is 0. The summed E-state index contributed by atoms with van der Waals surface area (Å²) in [5.41, 5.74) is 3.98. The molecule has 0 aliphatic heterocycles. The fraction of sp³-hybridized carbons (Fsp3) is 0. The van der Waals surface area contributed by atoms with E-state index < -0.39 is 0 Å². The third-order valence-electron chi connectivity index (χ3n) is 3.39. The maximum atomic E-state index is 13.0. The molecule has 3 nitrogen and oxygen atoms in total. The summed E-state index contributed by atoms with van der Waals surface area (Å²) in [5, 5.41) is 2.96. The number of thiol groups is 1. The molecule has 3 aromatic rings. The average Bonchev–Trinajstić information content (AvgIpc) is 2.57. The first-order chi connectivity index (χ1) is 11.1. The number of nitrogens with one attached hydrogen (secondary N) is 1. The van der Waals surface area contributed by atoms with E-state index in [4.69, 9.17) is 0 Å². The van der Waals surface area contributed by atoms with Crippen molar-refractivity contribution in [2.24, 2.45) is 0 Å². The monoisotopic (exact) mass is 324 g/mol. The lowest BCUT2D eigenvalue weighted by Crippen LogP contribution is -1.95. The van der Waals surface area contributed by atoms with E-state index in [9.17, 15) is 9.18 Å². The van der Waals surface area contributed by atoms with Crippen molar-refractivity contribution < 1.29 is 9.18 Å². The summed E-state index contributed by atoms with van der Waals surface area (Å²) in [6.45, 7) is 0. The van der Waals surface area contributed by atoms with Crippen molar-refractivity contribution in [1.29, 1.82) is 0 Å². The van der Waals surface area contributed by atoms with Gasteiger partial charge >= 0.3 is 0 Å². The van der Waals surface area contributed by atoms with E-state index in [1.54, 1.807) is 36.7 Å². The second-order valence-corrected chi connectivity index (χ2v) is 5.34. The highest BCUT2D eigenvalue weighted by Gasteiger charge is 2.07. The zero-order valence-electron chi connectivity index (χ0n) is 12.0. The van der Waals surface area contributed by atoms with Crippen molar-refractivity contribution in [3.63, 3.8) is 0 Å². The maximum absolute atomic E-state index is 13.0. The first kappa shape index (κ1) is 15.2. The van der Waals surface area contributed by atoms with Crippen molar-refractivity contribution in [1.82, 2.24) is 4.98 Å². The molecule has 1 aromatic heterocycles. The van der Waals surface area contributed by atoms with Crippen LogP contribution in [0.1, 0.15) is 10.4 Å². The molecule has 0 saturated carbocycles. The van der Waals surface area contributed by atoms with Crippen molar-refractivity contribution in [2.75, 3.05) is 5.32 Å². The van der Waals surface area contributed by atoms with Gasteiger partial charge in [0.1, 0.15) is 5.82 Å². The van der Waals surface area contributed by atoms with Crippen molar-refractivity contribution >= 4 is 29.1 Å². The SMILES string of the molecule is O=C(S)c1ccc(-c2ccncc2Nc2ccc(F)cc2)cc1. The highest BCUT2D eigenvalue weighted by molar-refractivity contribution is 7.97. The second kappa shape index (κ2) is 6.62. The maximum Gasteiger partial charge on any atom is 0.216 e. The molecule has 114 valence electrons. The highest BCUT2D eigenvalue weighted by atomic mass is 32.1. The van der Waals surface area contributed by atoms with Gasteiger partial charge in [0.15, 0.2) is 0 Å². The molecular weight excluding hydrogens is 311 g/mol. The molecule has 0 fully saturated rings. The molecule has 5 heteroatoms. The summed E-state index contributed by atoms with van der Waals surface area (Å²) in [6.07, 6.45) is 3.40. The number of hydrogen-bond acceptors (Lipinski definition) is 3. The van der Waals surface area contributed by atoms with Gasteiger partial charge in [-0.05, 0) is 48.0 Å². The van der Waals surface area contributed by atoms with Crippen LogP contribution in [-0.4, -0.2) is 10.1 Å². The summed E-state index contributed by atoms with van der Waals surface area (Å²) in [4.78, 5) is 15.4. The Morgan fingerprint density at radius 3 is 2.35 bits per heavy atom. The molecule has 0 aliphatic rings. The zero-order chi connectivity index (χ0) is 16.2. The minimum absolute atomic E-state index is 0.268. The lowest BCUT2D eigenvalue weighted by atomic mass is 10.0. The second-order valence-electron chi connectivity index (χ2n) is 4.94. The molecule has 1 heterocycles. The van der Waals surface area contributed by atoms with Crippen molar-refractivity contribution in [3.05, 3.63) is 78.4 Å². The Labute approximate surface area is 138 Å². The number of halogens is 1. The van der Waals surface area contributed by atoms with E-state index >= 15 is 0 Å². The molecule has 0 bridgehead atoms. The van der Waals surface area contributed by atoms with Gasteiger partial charge in [0.2, 0.25) is 5.12 Å². The van der Waals surface area contributed by atoms with E-state index in [1.165, 1.54) is 12.1 Å². The van der Waals surface area contributed by atoms with E-state index in [0.717, 1.165) is 22.5 Å². The van der Waals surface area contributed by atoms with Crippen LogP contribution in [0.5, 0.6) is 0 Å². The molecule has 0 saturated heterocycles. The topological polar surface area (TPSA) is 42.0 Å². The van der Waals surface area contributed by atoms with Gasteiger partial charge in [-0.25, -0.2) is 4.39 Å². The minimum atomic E-state index is -0.283. The summed E-state index contributed by atoms with van der Waals surface area (Å²) < 4.78 is 13.0. The normalized spacial score (nSPS) is 10.3. The molecule has 0 spiro atoms. The quantitative estimate of drug-likeness (QED) is 0.684. The number of rotatable bonds is 4. The van der Waals surface area contributed by atoms with Gasteiger partial charge in [0, 0.05) is 23.0 Å². The van der Waals surface area contributed by atoms with Gasteiger partial charge in [-0.15, -0.1) is 12.6 Å². The van der Waals surface area contributed by atoms with Gasteiger partial charge in [-0.2, -0.15) is 0 Å². The summed E-state index contributed by atoms with van der Waals surface area (Å²) >= 11 is 3.81. The van der Waals surface area contributed by atoms with Crippen LogP contribution in [0.25, 0.3) is 11.1 Å². The van der Waals surface area contributed by atoms with E-state index in [1.807, 2.05) is 18.2 Å². The van der Waals surface area contributed by atoms with Crippen LogP contribution in [0, 0.1) is 5.82 Å². The predicted molar refractivity (Wildman–Crippen MR) is 92.7 cm³/mol. The third kappa shape index (κ3) is 3.57. The minimum Gasteiger partial charge on any atom is -0.354 e. The first-order valence-electron chi connectivity index (χ1n) is 6.94. The van der Waals surface area contributed by atoms with E-state index in [2.05, 4.69) is 22.9 Å². The standard InChI is InChI=1S/C18H13FN2OS/c19-14-5-7-15(8-6-14)21-17-11-20-10-9-16(17)12-1-3-13(4-2-12)18(22)23/h1-11,21H,(H,22,23). The smallest absolute Gasteiger partial charge is 0.216 e. The van der Waals surface area contributed by atoms with Crippen LogP contribution in [-0.2, 0) is 0 Å². The molecule has 3 rings (SSSR count). The summed E-state index contributed by atoms with van der Waals surface area (Å²) in [6, 6.07) is 15.2. The number of carbonyl (C=O) groups excluding carboxylic acids is 1. The van der Waals surface area contributed by atoms with E-state index in [-0.39, 0.29) is 10.9 Å². The fourth-order valence-corrected chi connectivity index (χ4v) is 2.38. The molecule has 0 atom stereocenters. The lowest BCUT2D eigenvalue weighted by molar-refractivity contribution is 0.109. The largest absolute Gasteiger partial charge is 0.354 e. The number of carbonyl (C=O) groups is 1. The van der Waals surface area contributed by atoms with Gasteiger partial charge in [-0.3, -0.25) is 9.78 Å². The number of aromatic nitrogens is 1. The van der Waals surface area contributed by atoms with Crippen LogP contribution in [0.2, 0.25) is 0 Å². The first-order valence-corrected chi connectivity index (χ1v) is 7.38. The van der Waals surface area contributed by atoms with Gasteiger partial charge in [0.25, 0.3) is 0 Å². The molecule has 0 aliphatic carbocycles. The van der Waals surface area contributed by atoms with Crippen LogP contribution in [0.15, 0.2) is 67.0 Å². The highest BCUT2D eigenvalue weighted by Crippen LogP contribution is 2.29. The Hall–Kier alpha value is -2.66. The van der Waals surface area contributed by atoms with Crippen LogP contribution >= 0.6 is 12.6 Å². The Morgan fingerprint density at radius 1 is 1.00 bits per heavy atom. The molecule has 2 aromatic carbocycles. The van der Waals surface area contributed by atoms with Crippen molar-refractivity contribution in [2.45, 2.75) is 0 Å². The fourth-order valence-electron chi connectivity index (χ4n) is 2.23. The van der Waals surface area contributed by atoms with Gasteiger partial charge in [0.05, 0.1) is 11.9 Å². The molecule has 0 unspecified atom stereocenters. The predicted octanol–water partition coefficient (Wildman–Crippen LogP) is 4.70. The molecule has 0 radical (unpaired) electrons. The Balaban J connectivity index is 1.94. The Kier molecular flexibility index (Phi) is 4.39. The van der Waals surface area contributed by atoms with Crippen LogP contribution in [0.3, 0.4) is 0 Å². The molecular formula is C18H13FN2OS.